The Morgan fingerprint density at radius 1 is 1.30 bits per heavy atom. The third kappa shape index (κ3) is 3.46. The molecule has 1 N–H and O–H groups in total. The van der Waals surface area contributed by atoms with E-state index in [1.54, 1.807) is 36.8 Å². The highest BCUT2D eigenvalue weighted by molar-refractivity contribution is 5.99. The minimum absolute atomic E-state index is 0.0424. The lowest BCUT2D eigenvalue weighted by Gasteiger charge is -2.39. The second-order valence-corrected chi connectivity index (χ2v) is 6.26. The predicted octanol–water partition coefficient (Wildman–Crippen LogP) is 1.46. The molecule has 1 aliphatic heterocycles. The molecule has 0 spiro atoms. The summed E-state index contributed by atoms with van der Waals surface area (Å²) in [6.07, 6.45) is 2.46. The zero-order chi connectivity index (χ0) is 17.1. The molecule has 2 heterocycles. The Kier molecular flexibility index (Phi) is 5.23. The quantitative estimate of drug-likeness (QED) is 0.913. The molecule has 0 aromatic carbocycles. The summed E-state index contributed by atoms with van der Waals surface area (Å²) in [4.78, 5) is 43.5. The van der Waals surface area contributed by atoms with Crippen molar-refractivity contribution >= 4 is 11.8 Å². The Morgan fingerprint density at radius 3 is 2.61 bits per heavy atom. The number of rotatable bonds is 4. The molecule has 6 nitrogen and oxygen atoms in total. The van der Waals surface area contributed by atoms with Crippen molar-refractivity contribution in [1.82, 2.24) is 14.8 Å². The van der Waals surface area contributed by atoms with Crippen LogP contribution in [0.3, 0.4) is 0 Å². The molecule has 0 bridgehead atoms. The van der Waals surface area contributed by atoms with E-state index < -0.39 is 6.04 Å². The number of pyridine rings is 1. The first-order valence-corrected chi connectivity index (χ1v) is 8.13. The van der Waals surface area contributed by atoms with Crippen molar-refractivity contribution in [2.75, 3.05) is 20.1 Å². The molecule has 126 valence electrons. The number of amides is 2. The molecule has 1 atom stereocenters. The minimum atomic E-state index is -0.471. The highest BCUT2D eigenvalue weighted by atomic mass is 16.2. The second-order valence-electron chi connectivity index (χ2n) is 6.26. The van der Waals surface area contributed by atoms with Crippen LogP contribution in [0.2, 0.25) is 0 Å². The maximum atomic E-state index is 12.9. The van der Waals surface area contributed by atoms with Gasteiger partial charge in [0, 0.05) is 25.8 Å². The summed E-state index contributed by atoms with van der Waals surface area (Å²) in [7, 11) is 1.76. The lowest BCUT2D eigenvalue weighted by molar-refractivity contribution is -0.138. The molecule has 1 fully saturated rings. The van der Waals surface area contributed by atoms with Crippen molar-refractivity contribution < 1.29 is 9.59 Å². The molecule has 2 amide bonds. The Hall–Kier alpha value is -2.11. The van der Waals surface area contributed by atoms with Gasteiger partial charge in [0.05, 0.1) is 0 Å². The first-order valence-electron chi connectivity index (χ1n) is 8.13. The lowest BCUT2D eigenvalue weighted by Crippen LogP contribution is -2.58. The van der Waals surface area contributed by atoms with Crippen LogP contribution in [0, 0.1) is 13.8 Å². The van der Waals surface area contributed by atoms with Crippen molar-refractivity contribution in [1.29, 1.82) is 0 Å². The van der Waals surface area contributed by atoms with E-state index in [-0.39, 0.29) is 22.9 Å². The summed E-state index contributed by atoms with van der Waals surface area (Å²) in [6.45, 7) is 6.55. The van der Waals surface area contributed by atoms with E-state index in [4.69, 9.17) is 0 Å². The van der Waals surface area contributed by atoms with Gasteiger partial charge in [0.25, 0.3) is 11.5 Å². The summed E-state index contributed by atoms with van der Waals surface area (Å²) in [6, 6.07) is 1.31. The van der Waals surface area contributed by atoms with E-state index in [2.05, 4.69) is 11.9 Å². The molecule has 0 aliphatic carbocycles. The van der Waals surface area contributed by atoms with Gasteiger partial charge in [-0.3, -0.25) is 14.4 Å². The minimum Gasteiger partial charge on any atom is -0.342 e. The molecule has 0 radical (unpaired) electrons. The van der Waals surface area contributed by atoms with Crippen LogP contribution in [0.15, 0.2) is 10.9 Å². The average Bonchev–Trinajstić information content (AvgIpc) is 2.47. The number of nitrogens with zero attached hydrogens (tertiary/aromatic N) is 2. The number of unbranched alkanes of at least 4 members (excludes halogenated alkanes) is 1. The van der Waals surface area contributed by atoms with Crippen molar-refractivity contribution in [2.45, 2.75) is 46.1 Å². The number of likely N-dealkylation sites (N-methyl/N-ethyl adjacent to an activating group) is 1. The van der Waals surface area contributed by atoms with Gasteiger partial charge in [0.1, 0.15) is 11.6 Å². The van der Waals surface area contributed by atoms with Crippen LogP contribution in [-0.4, -0.2) is 52.8 Å². The molecule has 1 aliphatic rings. The van der Waals surface area contributed by atoms with Crippen LogP contribution in [0.4, 0.5) is 0 Å². The van der Waals surface area contributed by atoms with Gasteiger partial charge in [0.2, 0.25) is 5.91 Å². The highest BCUT2D eigenvalue weighted by Gasteiger charge is 2.36. The van der Waals surface area contributed by atoms with Gasteiger partial charge >= 0.3 is 0 Å². The van der Waals surface area contributed by atoms with Crippen molar-refractivity contribution in [3.8, 4) is 0 Å². The van der Waals surface area contributed by atoms with Gasteiger partial charge in [-0.05, 0) is 31.9 Å². The van der Waals surface area contributed by atoms with Crippen LogP contribution in [0.1, 0.15) is 47.8 Å². The number of H-pyrrole nitrogens is 1. The Labute approximate surface area is 136 Å². The molecule has 0 saturated carbocycles. The first-order chi connectivity index (χ1) is 10.9. The standard InChI is InChI=1S/C17H25N3O3/c1-5-6-7-13-16(22)19(4)8-9-20(13)17(23)14-11(2)10-12(3)18-15(14)21/h10,13H,5-9H2,1-4H3,(H,18,21). The molecule has 6 heteroatoms. The maximum absolute atomic E-state index is 12.9. The topological polar surface area (TPSA) is 73.5 Å². The van der Waals surface area contributed by atoms with Crippen LogP contribution < -0.4 is 5.56 Å². The zero-order valence-corrected chi connectivity index (χ0v) is 14.3. The third-order valence-corrected chi connectivity index (χ3v) is 4.38. The summed E-state index contributed by atoms with van der Waals surface area (Å²) < 4.78 is 0. The van der Waals surface area contributed by atoms with Gasteiger partial charge in [-0.1, -0.05) is 19.8 Å². The van der Waals surface area contributed by atoms with Gasteiger partial charge in [-0.15, -0.1) is 0 Å². The normalized spacial score (nSPS) is 18.4. The van der Waals surface area contributed by atoms with Crippen molar-refractivity contribution in [2.24, 2.45) is 0 Å². The predicted molar refractivity (Wildman–Crippen MR) is 88.5 cm³/mol. The van der Waals surface area contributed by atoms with Gasteiger partial charge in [-0.2, -0.15) is 0 Å². The van der Waals surface area contributed by atoms with Crippen LogP contribution in [-0.2, 0) is 4.79 Å². The number of hydrogen-bond acceptors (Lipinski definition) is 3. The fourth-order valence-electron chi connectivity index (χ4n) is 3.09. The molecular formula is C17H25N3O3. The number of piperazine rings is 1. The van der Waals surface area contributed by atoms with E-state index in [0.29, 0.717) is 25.1 Å². The third-order valence-electron chi connectivity index (χ3n) is 4.38. The molecule has 1 unspecified atom stereocenters. The number of nitrogens with one attached hydrogen (secondary N) is 1. The number of aromatic nitrogens is 1. The Bertz CT molecular complexity index is 666. The zero-order valence-electron chi connectivity index (χ0n) is 14.3. The second kappa shape index (κ2) is 6.98. The fourth-order valence-corrected chi connectivity index (χ4v) is 3.09. The summed E-state index contributed by atoms with van der Waals surface area (Å²) in [5.74, 6) is -0.384. The highest BCUT2D eigenvalue weighted by Crippen LogP contribution is 2.19. The van der Waals surface area contributed by atoms with E-state index in [1.807, 2.05) is 0 Å². The number of aryl methyl sites for hydroxylation is 2. The smallest absolute Gasteiger partial charge is 0.261 e. The van der Waals surface area contributed by atoms with Crippen molar-refractivity contribution in [3.05, 3.63) is 33.2 Å². The van der Waals surface area contributed by atoms with E-state index >= 15 is 0 Å². The summed E-state index contributed by atoms with van der Waals surface area (Å²) in [5.41, 5.74) is 1.14. The van der Waals surface area contributed by atoms with Gasteiger partial charge in [-0.25, -0.2) is 0 Å². The maximum Gasteiger partial charge on any atom is 0.261 e. The fraction of sp³-hybridized carbons (Fsp3) is 0.588. The number of carbonyl (C=O) groups excluding carboxylic acids is 2. The molecule has 23 heavy (non-hydrogen) atoms. The summed E-state index contributed by atoms with van der Waals surface area (Å²) in [5, 5.41) is 0. The van der Waals surface area contributed by atoms with Crippen LogP contribution >= 0.6 is 0 Å². The monoisotopic (exact) mass is 319 g/mol. The molecule has 1 saturated heterocycles. The number of hydrogen-bond donors (Lipinski definition) is 1. The Morgan fingerprint density at radius 2 is 2.00 bits per heavy atom. The largest absolute Gasteiger partial charge is 0.342 e. The number of carbonyl (C=O) groups is 2. The lowest BCUT2D eigenvalue weighted by atomic mass is 10.0. The van der Waals surface area contributed by atoms with E-state index in [0.717, 1.165) is 18.5 Å². The molecule has 1 aromatic rings. The van der Waals surface area contributed by atoms with Gasteiger partial charge in [0.15, 0.2) is 0 Å². The van der Waals surface area contributed by atoms with E-state index in [1.165, 1.54) is 0 Å². The first kappa shape index (κ1) is 17.2. The molecular weight excluding hydrogens is 294 g/mol. The molecule has 2 rings (SSSR count). The number of aromatic amines is 1. The summed E-state index contributed by atoms with van der Waals surface area (Å²) >= 11 is 0. The van der Waals surface area contributed by atoms with Crippen LogP contribution in [0.25, 0.3) is 0 Å². The Balaban J connectivity index is 2.36. The van der Waals surface area contributed by atoms with Crippen LogP contribution in [0.5, 0.6) is 0 Å². The SMILES string of the molecule is CCCCC1C(=O)N(C)CCN1C(=O)c1c(C)cc(C)[nH]c1=O. The van der Waals surface area contributed by atoms with Gasteiger partial charge < -0.3 is 14.8 Å². The van der Waals surface area contributed by atoms with Crippen molar-refractivity contribution in [3.63, 3.8) is 0 Å². The van der Waals surface area contributed by atoms with E-state index in [9.17, 15) is 14.4 Å². The molecule has 1 aromatic heterocycles. The average molecular weight is 319 g/mol.